The highest BCUT2D eigenvalue weighted by Gasteiger charge is 2.02. The highest BCUT2D eigenvalue weighted by atomic mass is 79.9. The van der Waals surface area contributed by atoms with Gasteiger partial charge in [-0.3, -0.25) is 0 Å². The lowest BCUT2D eigenvalue weighted by Crippen LogP contribution is -1.91. The lowest BCUT2D eigenvalue weighted by molar-refractivity contribution is 0.340. The summed E-state index contributed by atoms with van der Waals surface area (Å²) < 4.78 is 7.60. The summed E-state index contributed by atoms with van der Waals surface area (Å²) in [6.45, 7) is 2.65. The van der Waals surface area contributed by atoms with Crippen LogP contribution >= 0.6 is 27.3 Å². The van der Waals surface area contributed by atoms with E-state index in [9.17, 15) is 0 Å². The van der Waals surface area contributed by atoms with E-state index < -0.39 is 0 Å². The molecule has 0 radical (unpaired) electrons. The largest absolute Gasteiger partial charge is 0.494 e. The van der Waals surface area contributed by atoms with Crippen LogP contribution in [0.25, 0.3) is 10.2 Å². The zero-order valence-electron chi connectivity index (χ0n) is 11.4. The Morgan fingerprint density at radius 3 is 2.81 bits per heavy atom. The number of aromatic nitrogens is 1. The number of hydrogen-bond donors (Lipinski definition) is 0. The van der Waals surface area contributed by atoms with Crippen molar-refractivity contribution in [1.29, 1.82) is 0 Å². The van der Waals surface area contributed by atoms with E-state index >= 15 is 0 Å². The molecule has 1 heterocycles. The number of benzene rings is 2. The van der Waals surface area contributed by atoms with E-state index in [0.29, 0.717) is 6.61 Å². The molecule has 3 nitrogen and oxygen atoms in total. The van der Waals surface area contributed by atoms with Crippen LogP contribution in [-0.4, -0.2) is 17.8 Å². The van der Waals surface area contributed by atoms with Gasteiger partial charge in [-0.05, 0) is 55.0 Å². The van der Waals surface area contributed by atoms with Gasteiger partial charge in [0.25, 0.3) is 0 Å². The third kappa shape index (κ3) is 3.49. The topological polar surface area (TPSA) is 34.5 Å². The maximum atomic E-state index is 5.42. The van der Waals surface area contributed by atoms with E-state index in [1.165, 1.54) is 0 Å². The minimum atomic E-state index is 0.675. The van der Waals surface area contributed by atoms with Crippen molar-refractivity contribution in [3.05, 3.63) is 52.5 Å². The first-order chi connectivity index (χ1) is 10.2. The molecule has 0 amide bonds. The van der Waals surface area contributed by atoms with Gasteiger partial charge in [0.15, 0.2) is 0 Å². The van der Waals surface area contributed by atoms with Crippen molar-refractivity contribution in [2.45, 2.75) is 6.92 Å². The molecule has 0 unspecified atom stereocenters. The molecular formula is C16H13BrN2OS. The van der Waals surface area contributed by atoms with Crippen molar-refractivity contribution in [1.82, 2.24) is 4.98 Å². The van der Waals surface area contributed by atoms with Gasteiger partial charge in [-0.25, -0.2) is 9.98 Å². The van der Waals surface area contributed by atoms with Gasteiger partial charge in [-0.1, -0.05) is 27.3 Å². The molecule has 3 aromatic rings. The van der Waals surface area contributed by atoms with E-state index in [1.54, 1.807) is 11.3 Å². The van der Waals surface area contributed by atoms with E-state index in [1.807, 2.05) is 49.5 Å². The maximum absolute atomic E-state index is 5.42. The fraction of sp³-hybridized carbons (Fsp3) is 0.125. The summed E-state index contributed by atoms with van der Waals surface area (Å²) in [5.74, 6) is 0.875. The number of rotatable bonds is 4. The van der Waals surface area contributed by atoms with Gasteiger partial charge in [0.05, 0.1) is 16.8 Å². The number of hydrogen-bond acceptors (Lipinski definition) is 4. The summed E-state index contributed by atoms with van der Waals surface area (Å²) in [4.78, 5) is 8.94. The molecule has 0 bridgehead atoms. The van der Waals surface area contributed by atoms with Gasteiger partial charge in [0.1, 0.15) is 5.75 Å². The molecule has 106 valence electrons. The Balaban J connectivity index is 1.80. The minimum Gasteiger partial charge on any atom is -0.494 e. The SMILES string of the molecule is CCOc1ccc(C=Nc2nc3ccc(Br)cc3s2)cc1. The molecule has 21 heavy (non-hydrogen) atoms. The molecular weight excluding hydrogens is 348 g/mol. The lowest BCUT2D eigenvalue weighted by atomic mass is 10.2. The molecule has 0 aliphatic carbocycles. The Bertz CT molecular complexity index is 781. The van der Waals surface area contributed by atoms with Crippen LogP contribution in [0.3, 0.4) is 0 Å². The molecule has 3 rings (SSSR count). The summed E-state index contributed by atoms with van der Waals surface area (Å²) in [5.41, 5.74) is 2.00. The quantitative estimate of drug-likeness (QED) is 0.598. The first-order valence-corrected chi connectivity index (χ1v) is 8.18. The van der Waals surface area contributed by atoms with Crippen LogP contribution in [-0.2, 0) is 0 Å². The van der Waals surface area contributed by atoms with Crippen LogP contribution < -0.4 is 4.74 Å². The average Bonchev–Trinajstić information content (AvgIpc) is 2.89. The smallest absolute Gasteiger partial charge is 0.210 e. The van der Waals surface area contributed by atoms with E-state index in [2.05, 4.69) is 32.0 Å². The zero-order chi connectivity index (χ0) is 14.7. The first-order valence-electron chi connectivity index (χ1n) is 6.57. The zero-order valence-corrected chi connectivity index (χ0v) is 13.8. The maximum Gasteiger partial charge on any atom is 0.210 e. The summed E-state index contributed by atoms with van der Waals surface area (Å²) in [6, 6.07) is 13.9. The third-order valence-electron chi connectivity index (χ3n) is 2.85. The van der Waals surface area contributed by atoms with Crippen molar-refractivity contribution >= 4 is 48.8 Å². The van der Waals surface area contributed by atoms with Crippen molar-refractivity contribution < 1.29 is 4.74 Å². The molecule has 0 saturated heterocycles. The van der Waals surface area contributed by atoms with E-state index in [-0.39, 0.29) is 0 Å². The second kappa shape index (κ2) is 6.37. The number of halogens is 1. The van der Waals surface area contributed by atoms with Crippen molar-refractivity contribution in [3.63, 3.8) is 0 Å². The first kappa shape index (κ1) is 14.2. The van der Waals surface area contributed by atoms with Gasteiger partial charge in [-0.15, -0.1) is 0 Å². The summed E-state index contributed by atoms with van der Waals surface area (Å²) >= 11 is 5.04. The van der Waals surface area contributed by atoms with Gasteiger partial charge in [-0.2, -0.15) is 0 Å². The van der Waals surface area contributed by atoms with Gasteiger partial charge >= 0.3 is 0 Å². The van der Waals surface area contributed by atoms with Gasteiger partial charge < -0.3 is 4.74 Å². The average molecular weight is 361 g/mol. The molecule has 0 saturated carbocycles. The van der Waals surface area contributed by atoms with Gasteiger partial charge in [0.2, 0.25) is 5.13 Å². The fourth-order valence-corrected chi connectivity index (χ4v) is 3.25. The van der Waals surface area contributed by atoms with Crippen molar-refractivity contribution in [3.8, 4) is 5.75 Å². The highest BCUT2D eigenvalue weighted by Crippen LogP contribution is 2.30. The summed E-state index contributed by atoms with van der Waals surface area (Å²) in [5, 5.41) is 0.761. The Hall–Kier alpha value is -1.72. The second-order valence-electron chi connectivity index (χ2n) is 4.37. The summed E-state index contributed by atoms with van der Waals surface area (Å²) in [6.07, 6.45) is 1.82. The number of aliphatic imine (C=N–C) groups is 1. The Kier molecular flexibility index (Phi) is 4.31. The lowest BCUT2D eigenvalue weighted by Gasteiger charge is -2.01. The molecule has 2 aromatic carbocycles. The van der Waals surface area contributed by atoms with Crippen LogP contribution in [0.2, 0.25) is 0 Å². The molecule has 5 heteroatoms. The molecule has 0 aliphatic rings. The molecule has 0 N–H and O–H groups in total. The van der Waals surface area contributed by atoms with Crippen LogP contribution in [0.4, 0.5) is 5.13 Å². The minimum absolute atomic E-state index is 0.675. The Labute approximate surface area is 135 Å². The van der Waals surface area contributed by atoms with Crippen LogP contribution in [0, 0.1) is 0 Å². The van der Waals surface area contributed by atoms with Crippen LogP contribution in [0.5, 0.6) is 5.75 Å². The van der Waals surface area contributed by atoms with Crippen molar-refractivity contribution in [2.24, 2.45) is 4.99 Å². The molecule has 0 aliphatic heterocycles. The number of ether oxygens (including phenoxy) is 1. The third-order valence-corrected chi connectivity index (χ3v) is 4.27. The standard InChI is InChI=1S/C16H13BrN2OS/c1-2-20-13-6-3-11(4-7-13)10-18-16-19-14-8-5-12(17)9-15(14)21-16/h3-10H,2H2,1H3. The Morgan fingerprint density at radius 2 is 2.05 bits per heavy atom. The molecule has 0 atom stereocenters. The monoisotopic (exact) mass is 360 g/mol. The Morgan fingerprint density at radius 1 is 1.24 bits per heavy atom. The number of fused-ring (bicyclic) bond motifs is 1. The predicted molar refractivity (Wildman–Crippen MR) is 92.2 cm³/mol. The summed E-state index contributed by atoms with van der Waals surface area (Å²) in [7, 11) is 0. The number of thiazole rings is 1. The predicted octanol–water partition coefficient (Wildman–Crippen LogP) is 5.21. The van der Waals surface area contributed by atoms with Gasteiger partial charge in [0, 0.05) is 10.7 Å². The molecule has 0 spiro atoms. The van der Waals surface area contributed by atoms with E-state index in [4.69, 9.17) is 4.74 Å². The normalized spacial score (nSPS) is 11.3. The fourth-order valence-electron chi connectivity index (χ4n) is 1.89. The highest BCUT2D eigenvalue weighted by molar-refractivity contribution is 9.10. The second-order valence-corrected chi connectivity index (χ2v) is 6.29. The number of nitrogens with zero attached hydrogens (tertiary/aromatic N) is 2. The molecule has 1 aromatic heterocycles. The van der Waals surface area contributed by atoms with Crippen LogP contribution in [0.1, 0.15) is 12.5 Å². The van der Waals surface area contributed by atoms with Crippen molar-refractivity contribution in [2.75, 3.05) is 6.61 Å². The van der Waals surface area contributed by atoms with Crippen LogP contribution in [0.15, 0.2) is 51.9 Å². The molecule has 0 fully saturated rings. The van der Waals surface area contributed by atoms with E-state index in [0.717, 1.165) is 31.1 Å².